The van der Waals surface area contributed by atoms with Gasteiger partial charge in [0.25, 0.3) is 0 Å². The van der Waals surface area contributed by atoms with Crippen molar-refractivity contribution in [3.8, 4) is 0 Å². The Morgan fingerprint density at radius 3 is 2.50 bits per heavy atom. The zero-order chi connectivity index (χ0) is 10.6. The van der Waals surface area contributed by atoms with Crippen molar-refractivity contribution in [3.63, 3.8) is 0 Å². The lowest BCUT2D eigenvalue weighted by molar-refractivity contribution is -0.126. The Kier molecular flexibility index (Phi) is 3.93. The first-order valence-electron chi connectivity index (χ1n) is 5.63. The lowest BCUT2D eigenvalue weighted by Crippen LogP contribution is -2.52. The van der Waals surface area contributed by atoms with Gasteiger partial charge in [-0.25, -0.2) is 0 Å². The molecule has 3 nitrogen and oxygen atoms in total. The number of rotatable bonds is 4. The molecule has 1 fully saturated rings. The lowest BCUT2D eigenvalue weighted by Gasteiger charge is -2.29. The maximum absolute atomic E-state index is 11.8. The predicted octanol–water partition coefficient (Wildman–Crippen LogP) is 1.42. The molecule has 0 aromatic rings. The third-order valence-corrected chi connectivity index (χ3v) is 3.38. The molecule has 1 unspecified atom stereocenters. The second-order valence-corrected chi connectivity index (χ2v) is 4.59. The smallest absolute Gasteiger partial charge is 0.223 e. The number of hydrogen-bond donors (Lipinski definition) is 2. The van der Waals surface area contributed by atoms with Crippen LogP contribution in [0, 0.1) is 5.92 Å². The molecule has 0 radical (unpaired) electrons. The van der Waals surface area contributed by atoms with E-state index in [1.807, 2.05) is 6.92 Å². The first kappa shape index (κ1) is 11.5. The maximum atomic E-state index is 11.8. The fourth-order valence-electron chi connectivity index (χ4n) is 1.87. The topological polar surface area (TPSA) is 55.1 Å². The van der Waals surface area contributed by atoms with Crippen molar-refractivity contribution >= 4 is 5.91 Å². The molecule has 0 aromatic heterocycles. The van der Waals surface area contributed by atoms with E-state index in [9.17, 15) is 4.79 Å². The van der Waals surface area contributed by atoms with Gasteiger partial charge in [0, 0.05) is 18.0 Å². The molecule has 14 heavy (non-hydrogen) atoms. The second-order valence-electron chi connectivity index (χ2n) is 4.59. The third-order valence-electron chi connectivity index (χ3n) is 3.38. The van der Waals surface area contributed by atoms with Crippen LogP contribution in [-0.4, -0.2) is 18.0 Å². The first-order chi connectivity index (χ1) is 6.61. The van der Waals surface area contributed by atoms with Gasteiger partial charge in [-0.15, -0.1) is 0 Å². The highest BCUT2D eigenvalue weighted by Crippen LogP contribution is 2.25. The minimum atomic E-state index is -0.209. The number of amides is 1. The van der Waals surface area contributed by atoms with Crippen LogP contribution in [0.5, 0.6) is 0 Å². The molecule has 82 valence electrons. The Morgan fingerprint density at radius 2 is 2.07 bits per heavy atom. The highest BCUT2D eigenvalue weighted by molar-refractivity contribution is 5.79. The van der Waals surface area contributed by atoms with Crippen molar-refractivity contribution in [2.24, 2.45) is 11.7 Å². The van der Waals surface area contributed by atoms with Crippen LogP contribution >= 0.6 is 0 Å². The van der Waals surface area contributed by atoms with E-state index in [0.29, 0.717) is 6.54 Å². The Hall–Kier alpha value is -0.570. The minimum absolute atomic E-state index is 0.206. The summed E-state index contributed by atoms with van der Waals surface area (Å²) in [4.78, 5) is 11.8. The summed E-state index contributed by atoms with van der Waals surface area (Å²) >= 11 is 0. The molecule has 0 spiro atoms. The Labute approximate surface area is 86.4 Å². The molecule has 0 bridgehead atoms. The van der Waals surface area contributed by atoms with Crippen LogP contribution in [0.1, 0.15) is 46.0 Å². The molecule has 0 heterocycles. The highest BCUT2D eigenvalue weighted by atomic mass is 16.2. The van der Waals surface area contributed by atoms with E-state index in [4.69, 9.17) is 5.73 Å². The van der Waals surface area contributed by atoms with Crippen molar-refractivity contribution in [1.82, 2.24) is 5.32 Å². The summed E-state index contributed by atoms with van der Waals surface area (Å²) in [6.45, 7) is 4.59. The minimum Gasteiger partial charge on any atom is -0.349 e. The molecule has 1 atom stereocenters. The van der Waals surface area contributed by atoms with Gasteiger partial charge in [-0.1, -0.05) is 19.8 Å². The summed E-state index contributed by atoms with van der Waals surface area (Å²) in [5.41, 5.74) is 5.44. The predicted molar refractivity (Wildman–Crippen MR) is 57.9 cm³/mol. The van der Waals surface area contributed by atoms with Crippen molar-refractivity contribution in [3.05, 3.63) is 0 Å². The van der Waals surface area contributed by atoms with E-state index in [-0.39, 0.29) is 17.4 Å². The van der Waals surface area contributed by atoms with Gasteiger partial charge >= 0.3 is 0 Å². The summed E-state index contributed by atoms with van der Waals surface area (Å²) in [7, 11) is 0. The Balaban J connectivity index is 2.45. The van der Waals surface area contributed by atoms with Crippen molar-refractivity contribution in [2.45, 2.75) is 51.5 Å². The fraction of sp³-hybridized carbons (Fsp3) is 0.909. The van der Waals surface area contributed by atoms with Gasteiger partial charge < -0.3 is 11.1 Å². The zero-order valence-electron chi connectivity index (χ0n) is 9.31. The number of nitrogens with two attached hydrogens (primary N) is 1. The first-order valence-corrected chi connectivity index (χ1v) is 5.63. The second kappa shape index (κ2) is 4.78. The standard InChI is InChI=1S/C11H22N2O/c1-3-11(2,8-12)13-10(14)9-6-4-5-7-9/h9H,3-8,12H2,1-2H3,(H,13,14). The number of nitrogens with one attached hydrogen (secondary N) is 1. The summed E-state index contributed by atoms with van der Waals surface area (Å²) in [5.74, 6) is 0.449. The molecule has 0 aliphatic heterocycles. The van der Waals surface area contributed by atoms with Crippen LogP contribution in [0.15, 0.2) is 0 Å². The van der Waals surface area contributed by atoms with Crippen LogP contribution < -0.4 is 11.1 Å². The van der Waals surface area contributed by atoms with Crippen LogP contribution in [0.4, 0.5) is 0 Å². The molecular weight excluding hydrogens is 176 g/mol. The maximum Gasteiger partial charge on any atom is 0.223 e. The molecule has 1 amide bonds. The van der Waals surface area contributed by atoms with Gasteiger partial charge in [-0.05, 0) is 26.2 Å². The van der Waals surface area contributed by atoms with E-state index in [2.05, 4.69) is 12.2 Å². The normalized spacial score (nSPS) is 21.9. The van der Waals surface area contributed by atoms with Crippen molar-refractivity contribution in [2.75, 3.05) is 6.54 Å². The zero-order valence-corrected chi connectivity index (χ0v) is 9.31. The number of carbonyl (C=O) groups is 1. The molecule has 1 aliphatic rings. The SMILES string of the molecule is CCC(C)(CN)NC(=O)C1CCCC1. The Bertz CT molecular complexity index is 193. The van der Waals surface area contributed by atoms with Crippen molar-refractivity contribution in [1.29, 1.82) is 0 Å². The van der Waals surface area contributed by atoms with E-state index < -0.39 is 0 Å². The van der Waals surface area contributed by atoms with Crippen LogP contribution in [0.25, 0.3) is 0 Å². The highest BCUT2D eigenvalue weighted by Gasteiger charge is 2.28. The molecular formula is C11H22N2O. The van der Waals surface area contributed by atoms with E-state index in [1.165, 1.54) is 12.8 Å². The third kappa shape index (κ3) is 2.71. The summed E-state index contributed by atoms with van der Waals surface area (Å²) in [6.07, 6.45) is 5.39. The van der Waals surface area contributed by atoms with Gasteiger partial charge in [0.05, 0.1) is 0 Å². The lowest BCUT2D eigenvalue weighted by atomic mass is 9.97. The quantitative estimate of drug-likeness (QED) is 0.718. The summed E-state index contributed by atoms with van der Waals surface area (Å²) < 4.78 is 0. The van der Waals surface area contributed by atoms with Crippen molar-refractivity contribution < 1.29 is 4.79 Å². The Morgan fingerprint density at radius 1 is 1.50 bits per heavy atom. The molecule has 0 saturated heterocycles. The van der Waals surface area contributed by atoms with E-state index in [0.717, 1.165) is 19.3 Å². The average molecular weight is 198 g/mol. The molecule has 1 saturated carbocycles. The van der Waals surface area contributed by atoms with Gasteiger partial charge in [0.1, 0.15) is 0 Å². The average Bonchev–Trinajstić information content (AvgIpc) is 2.70. The van der Waals surface area contributed by atoms with Crippen LogP contribution in [0.2, 0.25) is 0 Å². The number of hydrogen-bond acceptors (Lipinski definition) is 2. The number of carbonyl (C=O) groups excluding carboxylic acids is 1. The van der Waals surface area contributed by atoms with E-state index in [1.54, 1.807) is 0 Å². The molecule has 3 heteroatoms. The van der Waals surface area contributed by atoms with Gasteiger partial charge in [0.15, 0.2) is 0 Å². The largest absolute Gasteiger partial charge is 0.349 e. The van der Waals surface area contributed by atoms with Crippen LogP contribution in [0.3, 0.4) is 0 Å². The molecule has 1 aliphatic carbocycles. The molecule has 3 N–H and O–H groups in total. The van der Waals surface area contributed by atoms with Gasteiger partial charge in [0.2, 0.25) is 5.91 Å². The molecule has 1 rings (SSSR count). The van der Waals surface area contributed by atoms with Gasteiger partial charge in [-0.3, -0.25) is 4.79 Å². The summed E-state index contributed by atoms with van der Waals surface area (Å²) in [6, 6.07) is 0. The monoisotopic (exact) mass is 198 g/mol. The molecule has 0 aromatic carbocycles. The fourth-order valence-corrected chi connectivity index (χ4v) is 1.87. The van der Waals surface area contributed by atoms with E-state index >= 15 is 0 Å². The van der Waals surface area contributed by atoms with Gasteiger partial charge in [-0.2, -0.15) is 0 Å². The van der Waals surface area contributed by atoms with Crippen LogP contribution in [-0.2, 0) is 4.79 Å². The summed E-state index contributed by atoms with van der Waals surface area (Å²) in [5, 5.41) is 3.07.